The number of carboxylic acid groups (broad SMARTS) is 2. The standard InChI is InChI=1S/C16H19N3O4S.C11H13N3O5S/c1-16(2)11(15(22)23)19-13(21)10(14(19)24-16)18-12(20)9(17)8-6-4-3-5-7-8;1-11(5-14-3-2-12-13-14)9(10(16)17)8-6(15)4-7(8)20(11,18)19/h3-7,9-11,14H,17H2,1-2H3,(H,18,20)(H,22,23);2-3,7-9H,4-5H2,1H3,(H,16,17)/t9?,10-,11+,14-;7?,8?,9-,11-/m10/s1. The van der Waals surface area contributed by atoms with Gasteiger partial charge in [-0.25, -0.2) is 13.2 Å². The average molecular weight is 649 g/mol. The normalized spacial score (nSPS) is 33.0. The molecule has 17 heteroatoms. The van der Waals surface area contributed by atoms with Gasteiger partial charge in [0.1, 0.15) is 34.0 Å². The van der Waals surface area contributed by atoms with Gasteiger partial charge in [-0.2, -0.15) is 0 Å². The number of hydrogen-bond donors (Lipinski definition) is 4. The fourth-order valence-electron chi connectivity index (χ4n) is 6.56. The van der Waals surface area contributed by atoms with Crippen LogP contribution in [0, 0.1) is 11.8 Å². The molecule has 0 spiro atoms. The number of carboxylic acids is 2. The average Bonchev–Trinajstić information content (AvgIpc) is 3.59. The number of aromatic nitrogens is 3. The first kappa shape index (κ1) is 31.6. The van der Waals surface area contributed by atoms with Crippen LogP contribution in [0.3, 0.4) is 0 Å². The van der Waals surface area contributed by atoms with Crippen LogP contribution in [-0.4, -0.2) is 100 Å². The highest BCUT2D eigenvalue weighted by Gasteiger charge is 2.71. The molecule has 3 unspecified atom stereocenters. The van der Waals surface area contributed by atoms with E-state index >= 15 is 0 Å². The van der Waals surface area contributed by atoms with Gasteiger partial charge < -0.3 is 26.2 Å². The largest absolute Gasteiger partial charge is 0.481 e. The number of aliphatic carboxylic acids is 2. The fourth-order valence-corrected chi connectivity index (χ4v) is 10.9. The molecule has 3 aliphatic heterocycles. The number of benzene rings is 1. The third-order valence-corrected chi connectivity index (χ3v) is 13.4. The molecular weight excluding hydrogens is 616 g/mol. The van der Waals surface area contributed by atoms with Crippen LogP contribution in [0.15, 0.2) is 42.7 Å². The summed E-state index contributed by atoms with van der Waals surface area (Å²) in [7, 11) is -3.72. The molecular formula is C27H32N6O9S2. The van der Waals surface area contributed by atoms with Gasteiger partial charge in [0.15, 0.2) is 9.84 Å². The van der Waals surface area contributed by atoms with Gasteiger partial charge in [-0.1, -0.05) is 35.5 Å². The molecule has 1 aromatic heterocycles. The summed E-state index contributed by atoms with van der Waals surface area (Å²) in [6, 6.07) is 6.38. The van der Waals surface area contributed by atoms with E-state index in [2.05, 4.69) is 15.6 Å². The molecule has 0 bridgehead atoms. The summed E-state index contributed by atoms with van der Waals surface area (Å²) in [5.74, 6) is -5.55. The first-order valence-corrected chi connectivity index (χ1v) is 16.1. The van der Waals surface area contributed by atoms with E-state index in [-0.39, 0.29) is 30.0 Å². The molecule has 1 saturated carbocycles. The van der Waals surface area contributed by atoms with Crippen molar-refractivity contribution in [2.24, 2.45) is 17.6 Å². The molecule has 2 amide bonds. The van der Waals surface area contributed by atoms with Gasteiger partial charge in [-0.05, 0) is 26.3 Å². The molecule has 5 N–H and O–H groups in total. The Morgan fingerprint density at radius 2 is 1.80 bits per heavy atom. The SMILES string of the molecule is CC1(C)S[C@@H]2[C@H](NC(=O)C(N)c3ccccc3)C(=O)N2[C@H]1C(=O)O.C[C@]1(Cn2ccnn2)[C@H](C(=O)O)C2C(=O)CC2S1(=O)=O. The quantitative estimate of drug-likeness (QED) is 0.276. The predicted octanol–water partition coefficient (Wildman–Crippen LogP) is -0.558. The summed E-state index contributed by atoms with van der Waals surface area (Å²) in [6.07, 6.45) is 2.78. The third kappa shape index (κ3) is 4.86. The molecule has 1 aliphatic carbocycles. The molecule has 3 saturated heterocycles. The summed E-state index contributed by atoms with van der Waals surface area (Å²) in [6.45, 7) is 4.84. The number of nitrogens with one attached hydrogen (secondary N) is 1. The molecule has 15 nitrogen and oxygen atoms in total. The predicted molar refractivity (Wildman–Crippen MR) is 154 cm³/mol. The van der Waals surface area contributed by atoms with Gasteiger partial charge in [0.05, 0.1) is 23.9 Å². The molecule has 0 radical (unpaired) electrons. The Morgan fingerprint density at radius 1 is 1.14 bits per heavy atom. The van der Waals surface area contributed by atoms with Crippen LogP contribution < -0.4 is 11.1 Å². The number of nitrogens with two attached hydrogens (primary N) is 1. The summed E-state index contributed by atoms with van der Waals surface area (Å²) in [5.41, 5.74) is 6.59. The van der Waals surface area contributed by atoms with E-state index in [9.17, 15) is 42.6 Å². The number of rotatable bonds is 7. The second-order valence-electron chi connectivity index (χ2n) is 12.0. The second kappa shape index (κ2) is 11.0. The van der Waals surface area contributed by atoms with E-state index in [0.717, 1.165) is 0 Å². The van der Waals surface area contributed by atoms with Crippen molar-refractivity contribution in [2.75, 3.05) is 0 Å². The van der Waals surface area contributed by atoms with Crippen LogP contribution >= 0.6 is 11.8 Å². The van der Waals surface area contributed by atoms with E-state index in [4.69, 9.17) is 5.73 Å². The number of thioether (sulfide) groups is 1. The summed E-state index contributed by atoms with van der Waals surface area (Å²) < 4.78 is 24.3. The molecule has 2 aromatic rings. The lowest BCUT2D eigenvalue weighted by atomic mass is 9.70. The van der Waals surface area contributed by atoms with Crippen LogP contribution in [0.25, 0.3) is 0 Å². The van der Waals surface area contributed by atoms with Crippen LogP contribution in [0.2, 0.25) is 0 Å². The van der Waals surface area contributed by atoms with Crippen molar-refractivity contribution < 1.29 is 42.6 Å². The van der Waals surface area contributed by atoms with Crippen LogP contribution in [-0.2, 0) is 40.4 Å². The second-order valence-corrected chi connectivity index (χ2v) is 16.4. The summed E-state index contributed by atoms with van der Waals surface area (Å²) >= 11 is 1.38. The van der Waals surface area contributed by atoms with Crippen molar-refractivity contribution in [3.63, 3.8) is 0 Å². The number of ketones is 1. The van der Waals surface area contributed by atoms with Crippen molar-refractivity contribution >= 4 is 51.1 Å². The molecule has 1 aromatic carbocycles. The smallest absolute Gasteiger partial charge is 0.327 e. The Morgan fingerprint density at radius 3 is 2.34 bits per heavy atom. The minimum Gasteiger partial charge on any atom is -0.481 e. The third-order valence-electron chi connectivity index (χ3n) is 8.87. The summed E-state index contributed by atoms with van der Waals surface area (Å²) in [5, 5.41) is 27.5. The highest BCUT2D eigenvalue weighted by molar-refractivity contribution is 8.01. The molecule has 6 rings (SSSR count). The maximum atomic E-state index is 12.6. The number of carbonyl (C=O) groups is 5. The first-order valence-electron chi connectivity index (χ1n) is 13.7. The van der Waals surface area contributed by atoms with Crippen molar-refractivity contribution in [1.82, 2.24) is 25.2 Å². The highest BCUT2D eigenvalue weighted by Crippen LogP contribution is 2.54. The fraction of sp³-hybridized carbons (Fsp3) is 0.519. The van der Waals surface area contributed by atoms with E-state index in [1.54, 1.807) is 38.1 Å². The molecule has 236 valence electrons. The Hall–Kier alpha value is -3.83. The van der Waals surface area contributed by atoms with Crippen LogP contribution in [0.4, 0.5) is 0 Å². The maximum Gasteiger partial charge on any atom is 0.327 e. The number of hydrogen-bond acceptors (Lipinski definition) is 11. The van der Waals surface area contributed by atoms with Gasteiger partial charge in [-0.15, -0.1) is 16.9 Å². The molecule has 4 aliphatic rings. The van der Waals surface area contributed by atoms with Gasteiger partial charge in [0, 0.05) is 23.3 Å². The van der Waals surface area contributed by atoms with Crippen molar-refractivity contribution in [3.8, 4) is 0 Å². The zero-order valence-corrected chi connectivity index (χ0v) is 25.6. The zero-order chi connectivity index (χ0) is 32.4. The molecule has 4 heterocycles. The number of carbonyl (C=O) groups excluding carboxylic acids is 3. The number of amides is 2. The molecule has 44 heavy (non-hydrogen) atoms. The molecule has 8 atom stereocenters. The number of β-lactam (4-membered cyclic amide) rings is 1. The summed E-state index contributed by atoms with van der Waals surface area (Å²) in [4.78, 5) is 60.6. The van der Waals surface area contributed by atoms with Crippen molar-refractivity contribution in [2.45, 2.75) is 72.0 Å². The lowest BCUT2D eigenvalue weighted by Crippen LogP contribution is -2.71. The number of sulfone groups is 1. The number of fused-ring (bicyclic) bond motifs is 2. The van der Waals surface area contributed by atoms with Crippen LogP contribution in [0.5, 0.6) is 0 Å². The van der Waals surface area contributed by atoms with Crippen molar-refractivity contribution in [1.29, 1.82) is 0 Å². The Bertz CT molecular complexity index is 1620. The maximum absolute atomic E-state index is 12.6. The number of Topliss-reactive ketones (excluding diaryl/α,β-unsaturated/α-hetero) is 1. The molecule has 4 fully saturated rings. The Balaban J connectivity index is 0.000000177. The monoisotopic (exact) mass is 648 g/mol. The Kier molecular flexibility index (Phi) is 7.87. The van der Waals surface area contributed by atoms with E-state index in [0.29, 0.717) is 5.56 Å². The first-order chi connectivity index (χ1) is 20.5. The minimum absolute atomic E-state index is 0.0796. The lowest BCUT2D eigenvalue weighted by molar-refractivity contribution is -0.161. The number of nitrogens with zero attached hydrogens (tertiary/aromatic N) is 4. The van der Waals surface area contributed by atoms with E-state index < -0.39 is 72.4 Å². The Labute approximate surface area is 256 Å². The van der Waals surface area contributed by atoms with Gasteiger partial charge in [0.25, 0.3) is 0 Å². The topological polar surface area (TPSA) is 232 Å². The van der Waals surface area contributed by atoms with Gasteiger partial charge >= 0.3 is 11.9 Å². The van der Waals surface area contributed by atoms with E-state index in [1.807, 2.05) is 6.07 Å². The minimum atomic E-state index is -3.72. The van der Waals surface area contributed by atoms with E-state index in [1.165, 1.54) is 40.7 Å². The zero-order valence-electron chi connectivity index (χ0n) is 23.9. The van der Waals surface area contributed by atoms with Crippen molar-refractivity contribution in [3.05, 3.63) is 48.3 Å². The van der Waals surface area contributed by atoms with Gasteiger partial charge in [0.2, 0.25) is 11.8 Å². The highest BCUT2D eigenvalue weighted by atomic mass is 32.2. The van der Waals surface area contributed by atoms with Crippen LogP contribution in [0.1, 0.15) is 38.8 Å². The van der Waals surface area contributed by atoms with Gasteiger partial charge in [-0.3, -0.25) is 23.9 Å². The lowest BCUT2D eigenvalue weighted by Gasteiger charge is -2.43.